The lowest BCUT2D eigenvalue weighted by Gasteiger charge is -2.04. The van der Waals surface area contributed by atoms with Crippen LogP contribution in [0, 0.1) is 0 Å². The quantitative estimate of drug-likeness (QED) is 0.440. The van der Waals surface area contributed by atoms with Crippen molar-refractivity contribution in [2.45, 2.75) is 13.1 Å². The predicted octanol–water partition coefficient (Wildman–Crippen LogP) is 3.26. The molecule has 19 heavy (non-hydrogen) atoms. The Morgan fingerprint density at radius 1 is 1.26 bits per heavy atom. The van der Waals surface area contributed by atoms with Gasteiger partial charge in [-0.3, -0.25) is 0 Å². The topological polar surface area (TPSA) is 63.5 Å². The molecule has 0 saturated carbocycles. The highest BCUT2D eigenvalue weighted by molar-refractivity contribution is 14.0. The molecule has 0 aliphatic rings. The van der Waals surface area contributed by atoms with E-state index in [1.165, 1.54) is 0 Å². The van der Waals surface area contributed by atoms with Crippen molar-refractivity contribution in [1.29, 1.82) is 0 Å². The Hall–Kier alpha value is -1.02. The van der Waals surface area contributed by atoms with E-state index in [4.69, 9.17) is 10.2 Å². The zero-order chi connectivity index (χ0) is 12.8. The van der Waals surface area contributed by atoms with Gasteiger partial charge >= 0.3 is 0 Å². The number of hydrogen-bond acceptors (Lipinski definition) is 2. The normalized spacial score (nSPS) is 10.9. The van der Waals surface area contributed by atoms with Gasteiger partial charge in [-0.25, -0.2) is 4.99 Å². The van der Waals surface area contributed by atoms with Gasteiger partial charge in [0.2, 0.25) is 0 Å². The third kappa shape index (κ3) is 5.23. The SMILES string of the molecule is I.NC(=NCc1ccccc1Br)NCc1ccco1. The number of nitrogens with zero attached hydrogens (tertiary/aromatic N) is 1. The standard InChI is InChI=1S/C13H14BrN3O.HI/c14-12-6-2-1-4-10(12)8-16-13(15)17-9-11-5-3-7-18-11;/h1-7H,8-9H2,(H3,15,16,17);1H. The minimum Gasteiger partial charge on any atom is -0.467 e. The fraction of sp³-hybridized carbons (Fsp3) is 0.154. The molecular formula is C13H15BrIN3O. The lowest BCUT2D eigenvalue weighted by Crippen LogP contribution is -2.30. The van der Waals surface area contributed by atoms with Gasteiger partial charge in [0.1, 0.15) is 5.76 Å². The highest BCUT2D eigenvalue weighted by Crippen LogP contribution is 2.16. The summed E-state index contributed by atoms with van der Waals surface area (Å²) in [5, 5.41) is 2.99. The number of rotatable bonds is 4. The number of aliphatic imine (C=N–C) groups is 1. The van der Waals surface area contributed by atoms with E-state index >= 15 is 0 Å². The number of furan rings is 1. The van der Waals surface area contributed by atoms with E-state index in [0.717, 1.165) is 15.8 Å². The van der Waals surface area contributed by atoms with Crippen molar-refractivity contribution in [3.63, 3.8) is 0 Å². The van der Waals surface area contributed by atoms with E-state index in [2.05, 4.69) is 26.2 Å². The number of nitrogens with two attached hydrogens (primary N) is 1. The number of guanidine groups is 1. The average Bonchev–Trinajstić information content (AvgIpc) is 2.88. The molecule has 1 aromatic heterocycles. The summed E-state index contributed by atoms with van der Waals surface area (Å²) in [4.78, 5) is 4.27. The van der Waals surface area contributed by atoms with Crippen LogP contribution >= 0.6 is 39.9 Å². The molecule has 1 heterocycles. The number of halogens is 2. The van der Waals surface area contributed by atoms with E-state index in [9.17, 15) is 0 Å². The van der Waals surface area contributed by atoms with E-state index < -0.39 is 0 Å². The van der Waals surface area contributed by atoms with Gasteiger partial charge in [-0.05, 0) is 23.8 Å². The predicted molar refractivity (Wildman–Crippen MR) is 90.4 cm³/mol. The Labute approximate surface area is 137 Å². The zero-order valence-electron chi connectivity index (χ0n) is 10.2. The minimum atomic E-state index is 0. The fourth-order valence-electron chi connectivity index (χ4n) is 1.44. The van der Waals surface area contributed by atoms with Crippen LogP contribution < -0.4 is 11.1 Å². The van der Waals surface area contributed by atoms with Gasteiger partial charge in [-0.2, -0.15) is 0 Å². The third-order valence-electron chi connectivity index (χ3n) is 2.40. The molecule has 0 aliphatic heterocycles. The summed E-state index contributed by atoms with van der Waals surface area (Å²) >= 11 is 3.47. The maximum Gasteiger partial charge on any atom is 0.189 e. The first-order valence-corrected chi connectivity index (χ1v) is 6.34. The number of hydrogen-bond donors (Lipinski definition) is 2. The molecule has 0 bridgehead atoms. The highest BCUT2D eigenvalue weighted by atomic mass is 127. The molecule has 0 unspecified atom stereocenters. The van der Waals surface area contributed by atoms with E-state index in [1.807, 2.05) is 36.4 Å². The van der Waals surface area contributed by atoms with Crippen LogP contribution in [0.5, 0.6) is 0 Å². The number of benzene rings is 1. The maximum absolute atomic E-state index is 5.77. The molecule has 0 amide bonds. The van der Waals surface area contributed by atoms with Crippen LogP contribution in [0.25, 0.3) is 0 Å². The zero-order valence-corrected chi connectivity index (χ0v) is 14.1. The van der Waals surface area contributed by atoms with Crippen molar-refractivity contribution in [2.75, 3.05) is 0 Å². The molecule has 0 fully saturated rings. The molecule has 4 nitrogen and oxygen atoms in total. The molecule has 0 saturated heterocycles. The molecule has 2 aromatic rings. The van der Waals surface area contributed by atoms with Gasteiger partial charge in [0, 0.05) is 4.47 Å². The molecule has 0 radical (unpaired) electrons. The summed E-state index contributed by atoms with van der Waals surface area (Å²) in [6, 6.07) is 11.7. The lowest BCUT2D eigenvalue weighted by atomic mass is 10.2. The Morgan fingerprint density at radius 2 is 2.05 bits per heavy atom. The molecule has 0 atom stereocenters. The Balaban J connectivity index is 0.00000180. The van der Waals surface area contributed by atoms with Crippen molar-refractivity contribution in [3.8, 4) is 0 Å². The largest absolute Gasteiger partial charge is 0.467 e. The van der Waals surface area contributed by atoms with Gasteiger partial charge in [0.25, 0.3) is 0 Å². The molecular weight excluding hydrogens is 421 g/mol. The van der Waals surface area contributed by atoms with Gasteiger partial charge in [-0.1, -0.05) is 34.1 Å². The summed E-state index contributed by atoms with van der Waals surface area (Å²) in [5.41, 5.74) is 6.87. The molecule has 102 valence electrons. The second-order valence-electron chi connectivity index (χ2n) is 3.73. The van der Waals surface area contributed by atoms with Crippen LogP contribution in [0.3, 0.4) is 0 Å². The van der Waals surface area contributed by atoms with Crippen molar-refractivity contribution in [1.82, 2.24) is 5.32 Å². The molecule has 1 aromatic carbocycles. The second-order valence-corrected chi connectivity index (χ2v) is 4.58. The monoisotopic (exact) mass is 435 g/mol. The molecule has 0 aliphatic carbocycles. The molecule has 3 N–H and O–H groups in total. The van der Waals surface area contributed by atoms with Crippen LogP contribution in [0.15, 0.2) is 56.5 Å². The van der Waals surface area contributed by atoms with Crippen molar-refractivity contribution in [3.05, 3.63) is 58.5 Å². The summed E-state index contributed by atoms with van der Waals surface area (Å²) < 4.78 is 6.22. The summed E-state index contributed by atoms with van der Waals surface area (Å²) in [6.45, 7) is 1.08. The minimum absolute atomic E-state index is 0. The van der Waals surface area contributed by atoms with Gasteiger partial charge in [0.15, 0.2) is 5.96 Å². The fourth-order valence-corrected chi connectivity index (χ4v) is 1.85. The third-order valence-corrected chi connectivity index (χ3v) is 3.18. The molecule has 2 rings (SSSR count). The van der Waals surface area contributed by atoms with Gasteiger partial charge < -0.3 is 15.5 Å². The van der Waals surface area contributed by atoms with Crippen LogP contribution in [-0.2, 0) is 13.1 Å². The average molecular weight is 436 g/mol. The molecule has 0 spiro atoms. The van der Waals surface area contributed by atoms with Crippen molar-refractivity contribution in [2.24, 2.45) is 10.7 Å². The second kappa shape index (κ2) is 8.21. The summed E-state index contributed by atoms with van der Waals surface area (Å²) in [6.07, 6.45) is 1.63. The number of nitrogens with one attached hydrogen (secondary N) is 1. The van der Waals surface area contributed by atoms with Crippen LogP contribution in [0.4, 0.5) is 0 Å². The Kier molecular flexibility index (Phi) is 6.93. The van der Waals surface area contributed by atoms with Crippen LogP contribution in [0.1, 0.15) is 11.3 Å². The highest BCUT2D eigenvalue weighted by Gasteiger charge is 1.99. The smallest absolute Gasteiger partial charge is 0.189 e. The van der Waals surface area contributed by atoms with E-state index in [1.54, 1.807) is 6.26 Å². The summed E-state index contributed by atoms with van der Waals surface area (Å²) in [5.74, 6) is 1.23. The van der Waals surface area contributed by atoms with Gasteiger partial charge in [-0.15, -0.1) is 24.0 Å². The Bertz CT molecular complexity index is 528. The first-order chi connectivity index (χ1) is 8.75. The summed E-state index contributed by atoms with van der Waals surface area (Å²) in [7, 11) is 0. The van der Waals surface area contributed by atoms with Crippen LogP contribution in [-0.4, -0.2) is 5.96 Å². The van der Waals surface area contributed by atoms with Crippen LogP contribution in [0.2, 0.25) is 0 Å². The first-order valence-electron chi connectivity index (χ1n) is 5.55. The van der Waals surface area contributed by atoms with E-state index in [-0.39, 0.29) is 24.0 Å². The molecule has 6 heteroatoms. The van der Waals surface area contributed by atoms with E-state index in [0.29, 0.717) is 19.0 Å². The van der Waals surface area contributed by atoms with Crippen molar-refractivity contribution >= 4 is 45.9 Å². The first kappa shape index (κ1) is 16.0. The van der Waals surface area contributed by atoms with Crippen molar-refractivity contribution < 1.29 is 4.42 Å². The lowest BCUT2D eigenvalue weighted by molar-refractivity contribution is 0.502. The maximum atomic E-state index is 5.77. The Morgan fingerprint density at radius 3 is 2.74 bits per heavy atom. The van der Waals surface area contributed by atoms with Gasteiger partial charge in [0.05, 0.1) is 19.4 Å².